The maximum atomic E-state index is 12.0. The lowest BCUT2D eigenvalue weighted by atomic mass is 10.1. The molecular weight excluding hydrogens is 190 g/mol. The molecule has 0 spiro atoms. The first-order valence-electron chi connectivity index (χ1n) is 5.49. The van der Waals surface area contributed by atoms with E-state index in [1.165, 1.54) is 0 Å². The Bertz CT molecular complexity index is 242. The van der Waals surface area contributed by atoms with Crippen molar-refractivity contribution < 1.29 is 4.79 Å². The number of amides is 1. The zero-order chi connectivity index (χ0) is 11.1. The van der Waals surface area contributed by atoms with Gasteiger partial charge < -0.3 is 4.57 Å². The van der Waals surface area contributed by atoms with Gasteiger partial charge in [-0.15, -0.1) is 0 Å². The van der Waals surface area contributed by atoms with Crippen molar-refractivity contribution in [3.05, 3.63) is 0 Å². The van der Waals surface area contributed by atoms with E-state index in [4.69, 9.17) is 0 Å². The number of nitrogens with zero attached hydrogens (tertiary/aromatic N) is 1. The monoisotopic (exact) mass is 213 g/mol. The van der Waals surface area contributed by atoms with E-state index < -0.39 is 8.24 Å². The van der Waals surface area contributed by atoms with Gasteiger partial charge in [0, 0.05) is 12.5 Å². The Morgan fingerprint density at radius 2 is 1.86 bits per heavy atom. The predicted octanol–water partition coefficient (Wildman–Crippen LogP) is 2.86. The third-order valence-corrected chi connectivity index (χ3v) is 9.45. The van der Waals surface area contributed by atoms with Crippen molar-refractivity contribution in [2.75, 3.05) is 6.54 Å². The van der Waals surface area contributed by atoms with Crippen molar-refractivity contribution in [2.45, 2.75) is 52.2 Å². The summed E-state index contributed by atoms with van der Waals surface area (Å²) in [7, 11) is -1.59. The molecule has 2 nitrogen and oxygen atoms in total. The second-order valence-electron chi connectivity index (χ2n) is 5.99. The maximum absolute atomic E-state index is 12.0. The van der Waals surface area contributed by atoms with Crippen molar-refractivity contribution in [1.29, 1.82) is 0 Å². The van der Waals surface area contributed by atoms with E-state index in [2.05, 4.69) is 45.4 Å². The zero-order valence-electron chi connectivity index (χ0n) is 10.3. The maximum Gasteiger partial charge on any atom is 0.217 e. The van der Waals surface area contributed by atoms with Gasteiger partial charge in [0.2, 0.25) is 5.91 Å². The quantitative estimate of drug-likeness (QED) is 0.613. The Morgan fingerprint density at radius 1 is 1.36 bits per heavy atom. The van der Waals surface area contributed by atoms with Gasteiger partial charge in [0.1, 0.15) is 0 Å². The standard InChI is InChI=1S/C11H23NOSi/c1-9-7-8-12(10(9)13)14(5,6)11(2,3)4/h9H,7-8H2,1-6H3/t9-/m1/s1. The molecular formula is C11H23NOSi. The van der Waals surface area contributed by atoms with E-state index >= 15 is 0 Å². The van der Waals surface area contributed by atoms with E-state index in [0.29, 0.717) is 5.91 Å². The molecule has 14 heavy (non-hydrogen) atoms. The third kappa shape index (κ3) is 1.74. The second kappa shape index (κ2) is 3.37. The molecule has 0 radical (unpaired) electrons. The summed E-state index contributed by atoms with van der Waals surface area (Å²) in [6.07, 6.45) is 1.05. The highest BCUT2D eigenvalue weighted by atomic mass is 28.3. The Hall–Kier alpha value is -0.313. The van der Waals surface area contributed by atoms with Crippen LogP contribution in [0.5, 0.6) is 0 Å². The molecule has 0 aromatic carbocycles. The first kappa shape index (κ1) is 11.8. The van der Waals surface area contributed by atoms with Crippen molar-refractivity contribution in [3.8, 4) is 0 Å². The summed E-state index contributed by atoms with van der Waals surface area (Å²) in [6, 6.07) is 0. The van der Waals surface area contributed by atoms with Crippen molar-refractivity contribution >= 4 is 14.1 Å². The fraction of sp³-hybridized carbons (Fsp3) is 0.909. The highest BCUT2D eigenvalue weighted by Crippen LogP contribution is 2.40. The molecule has 0 saturated carbocycles. The van der Waals surface area contributed by atoms with Crippen molar-refractivity contribution in [3.63, 3.8) is 0 Å². The largest absolute Gasteiger partial charge is 0.369 e. The van der Waals surface area contributed by atoms with Crippen molar-refractivity contribution in [1.82, 2.24) is 4.57 Å². The SMILES string of the molecule is C[C@@H]1CCN([Si](C)(C)C(C)(C)C)C1=O. The van der Waals surface area contributed by atoms with E-state index in [1.54, 1.807) is 0 Å². The fourth-order valence-electron chi connectivity index (χ4n) is 1.78. The van der Waals surface area contributed by atoms with Crippen LogP contribution in [0.1, 0.15) is 34.1 Å². The molecule has 0 N–H and O–H groups in total. The van der Waals surface area contributed by atoms with Gasteiger partial charge in [-0.1, -0.05) is 40.8 Å². The molecule has 1 rings (SSSR count). The lowest BCUT2D eigenvalue weighted by molar-refractivity contribution is -0.127. The lowest BCUT2D eigenvalue weighted by Crippen LogP contribution is -2.55. The van der Waals surface area contributed by atoms with Gasteiger partial charge in [-0.25, -0.2) is 0 Å². The Morgan fingerprint density at radius 3 is 2.14 bits per heavy atom. The number of carbonyl (C=O) groups excluding carboxylic acids is 1. The summed E-state index contributed by atoms with van der Waals surface area (Å²) in [4.78, 5) is 12.0. The summed E-state index contributed by atoms with van der Waals surface area (Å²) in [5, 5.41) is 0.271. The summed E-state index contributed by atoms with van der Waals surface area (Å²) >= 11 is 0. The third-order valence-electron chi connectivity index (χ3n) is 3.98. The molecule has 0 bridgehead atoms. The second-order valence-corrected chi connectivity index (χ2v) is 11.1. The summed E-state index contributed by atoms with van der Waals surface area (Å²) in [5.74, 6) is 0.640. The minimum atomic E-state index is -1.59. The number of rotatable bonds is 1. The molecule has 0 aliphatic carbocycles. The van der Waals surface area contributed by atoms with Gasteiger partial charge in [0.15, 0.2) is 8.24 Å². The van der Waals surface area contributed by atoms with Crippen LogP contribution in [0.25, 0.3) is 0 Å². The van der Waals surface area contributed by atoms with Gasteiger partial charge in [0.25, 0.3) is 0 Å². The molecule has 1 heterocycles. The topological polar surface area (TPSA) is 20.3 Å². The molecule has 0 unspecified atom stereocenters. The highest BCUT2D eigenvalue weighted by molar-refractivity contribution is 6.79. The molecule has 1 amide bonds. The van der Waals surface area contributed by atoms with Crippen LogP contribution < -0.4 is 0 Å². The van der Waals surface area contributed by atoms with Gasteiger partial charge in [-0.05, 0) is 11.5 Å². The lowest BCUT2D eigenvalue weighted by Gasteiger charge is -2.44. The number of hydrogen-bond acceptors (Lipinski definition) is 1. The minimum Gasteiger partial charge on any atom is -0.369 e. The minimum absolute atomic E-state index is 0.254. The molecule has 1 fully saturated rings. The van der Waals surface area contributed by atoms with Gasteiger partial charge in [0.05, 0.1) is 0 Å². The molecule has 1 aliphatic heterocycles. The van der Waals surface area contributed by atoms with Crippen LogP contribution >= 0.6 is 0 Å². The van der Waals surface area contributed by atoms with Crippen LogP contribution in [0.3, 0.4) is 0 Å². The summed E-state index contributed by atoms with van der Waals surface area (Å²) in [6.45, 7) is 14.4. The predicted molar refractivity (Wildman–Crippen MR) is 62.7 cm³/mol. The molecule has 3 heteroatoms. The fourth-order valence-corrected chi connectivity index (χ4v) is 4.05. The van der Waals surface area contributed by atoms with Gasteiger partial charge in [-0.3, -0.25) is 4.79 Å². The first-order valence-corrected chi connectivity index (χ1v) is 8.44. The van der Waals surface area contributed by atoms with E-state index in [1.807, 2.05) is 0 Å². The van der Waals surface area contributed by atoms with Crippen LogP contribution in [0.15, 0.2) is 0 Å². The van der Waals surface area contributed by atoms with Crippen LogP contribution in [0.4, 0.5) is 0 Å². The first-order chi connectivity index (χ1) is 6.18. The Labute approximate surface area is 88.8 Å². The molecule has 0 aromatic heterocycles. The van der Waals surface area contributed by atoms with E-state index in [9.17, 15) is 4.79 Å². The smallest absolute Gasteiger partial charge is 0.217 e. The van der Waals surface area contributed by atoms with Gasteiger partial charge in [-0.2, -0.15) is 0 Å². The normalized spacial score (nSPS) is 24.6. The average Bonchev–Trinajstić information content (AvgIpc) is 2.30. The molecule has 1 atom stereocenters. The highest BCUT2D eigenvalue weighted by Gasteiger charge is 2.46. The molecule has 1 aliphatic rings. The van der Waals surface area contributed by atoms with E-state index in [-0.39, 0.29) is 11.0 Å². The van der Waals surface area contributed by atoms with Crippen LogP contribution in [0.2, 0.25) is 18.1 Å². The molecule has 1 saturated heterocycles. The number of hydrogen-bond donors (Lipinski definition) is 0. The van der Waals surface area contributed by atoms with Crippen LogP contribution in [0, 0.1) is 5.92 Å². The zero-order valence-corrected chi connectivity index (χ0v) is 11.3. The Kier molecular flexibility index (Phi) is 2.83. The molecule has 0 aromatic rings. The summed E-state index contributed by atoms with van der Waals surface area (Å²) in [5.41, 5.74) is 0. The van der Waals surface area contributed by atoms with Crippen molar-refractivity contribution in [2.24, 2.45) is 5.92 Å². The molecule has 82 valence electrons. The summed E-state index contributed by atoms with van der Waals surface area (Å²) < 4.78 is 2.19. The van der Waals surface area contributed by atoms with Crippen LogP contribution in [-0.4, -0.2) is 25.3 Å². The average molecular weight is 213 g/mol. The van der Waals surface area contributed by atoms with Crippen LogP contribution in [-0.2, 0) is 4.79 Å². The van der Waals surface area contributed by atoms with E-state index in [0.717, 1.165) is 13.0 Å². The van der Waals surface area contributed by atoms with Gasteiger partial charge >= 0.3 is 0 Å². The Balaban J connectivity index is 2.89. The number of carbonyl (C=O) groups is 1.